The number of anilines is 1. The van der Waals surface area contributed by atoms with E-state index in [1.54, 1.807) is 32.4 Å². The molecule has 1 unspecified atom stereocenters. The summed E-state index contributed by atoms with van der Waals surface area (Å²) in [5.41, 5.74) is 2.58. The standard InChI is InChI=1S/C24H28N4O5S/c1-15(2)27-34(31,32)21-13-11-19(12-14-21)25-23(29)18(5)33-24(30)22-16(3)26-28(17(22)4)20-9-7-6-8-10-20/h6-15,18,27H,1-5H3,(H,25,29). The van der Waals surface area contributed by atoms with Gasteiger partial charge in [0.2, 0.25) is 10.0 Å². The van der Waals surface area contributed by atoms with Gasteiger partial charge in [0.15, 0.2) is 6.10 Å². The molecule has 0 fully saturated rings. The number of esters is 1. The smallest absolute Gasteiger partial charge is 0.342 e. The quantitative estimate of drug-likeness (QED) is 0.473. The van der Waals surface area contributed by atoms with Crippen LogP contribution in [0.4, 0.5) is 5.69 Å². The molecule has 1 heterocycles. The van der Waals surface area contributed by atoms with Crippen LogP contribution in [0.5, 0.6) is 0 Å². The maximum Gasteiger partial charge on any atom is 0.342 e. The number of nitrogens with one attached hydrogen (secondary N) is 2. The highest BCUT2D eigenvalue weighted by Crippen LogP contribution is 2.20. The summed E-state index contributed by atoms with van der Waals surface area (Å²) in [7, 11) is -3.63. The summed E-state index contributed by atoms with van der Waals surface area (Å²) >= 11 is 0. The van der Waals surface area contributed by atoms with Crippen LogP contribution in [0.1, 0.15) is 42.5 Å². The van der Waals surface area contributed by atoms with Crippen molar-refractivity contribution in [1.29, 1.82) is 0 Å². The minimum absolute atomic E-state index is 0.0834. The van der Waals surface area contributed by atoms with Gasteiger partial charge >= 0.3 is 5.97 Å². The van der Waals surface area contributed by atoms with E-state index in [0.717, 1.165) is 5.69 Å². The molecular weight excluding hydrogens is 456 g/mol. The van der Waals surface area contributed by atoms with Crippen molar-refractivity contribution in [1.82, 2.24) is 14.5 Å². The summed E-state index contributed by atoms with van der Waals surface area (Å²) in [6.45, 7) is 8.38. The maximum atomic E-state index is 12.8. The lowest BCUT2D eigenvalue weighted by Crippen LogP contribution is -2.31. The van der Waals surface area contributed by atoms with E-state index in [1.807, 2.05) is 30.3 Å². The average Bonchev–Trinajstić information content (AvgIpc) is 3.07. The van der Waals surface area contributed by atoms with Crippen molar-refractivity contribution in [3.63, 3.8) is 0 Å². The molecular formula is C24H28N4O5S. The third kappa shape index (κ3) is 5.70. The highest BCUT2D eigenvalue weighted by atomic mass is 32.2. The highest BCUT2D eigenvalue weighted by molar-refractivity contribution is 7.89. The van der Waals surface area contributed by atoms with Gasteiger partial charge in [-0.25, -0.2) is 22.6 Å². The van der Waals surface area contributed by atoms with Gasteiger partial charge in [0.25, 0.3) is 5.91 Å². The van der Waals surface area contributed by atoms with Crippen LogP contribution in [0.25, 0.3) is 5.69 Å². The molecule has 10 heteroatoms. The monoisotopic (exact) mass is 484 g/mol. The Morgan fingerprint density at radius 3 is 2.18 bits per heavy atom. The lowest BCUT2D eigenvalue weighted by molar-refractivity contribution is -0.123. The molecule has 0 saturated heterocycles. The largest absolute Gasteiger partial charge is 0.449 e. The molecule has 0 spiro atoms. The number of carbonyl (C=O) groups is 2. The fourth-order valence-corrected chi connectivity index (χ4v) is 4.62. The summed E-state index contributed by atoms with van der Waals surface area (Å²) in [5, 5.41) is 7.05. The van der Waals surface area contributed by atoms with Crippen LogP contribution >= 0.6 is 0 Å². The lowest BCUT2D eigenvalue weighted by atomic mass is 10.2. The molecule has 0 aliphatic carbocycles. The van der Waals surface area contributed by atoms with Crippen molar-refractivity contribution in [2.75, 3.05) is 5.32 Å². The van der Waals surface area contributed by atoms with E-state index in [2.05, 4.69) is 15.1 Å². The molecule has 1 aromatic heterocycles. The predicted molar refractivity (Wildman–Crippen MR) is 128 cm³/mol. The molecule has 3 rings (SSSR count). The number of benzene rings is 2. The zero-order valence-corrected chi connectivity index (χ0v) is 20.5. The number of hydrogen-bond acceptors (Lipinski definition) is 6. The van der Waals surface area contributed by atoms with Crippen LogP contribution in [-0.2, 0) is 19.6 Å². The molecule has 180 valence electrons. The molecule has 3 aromatic rings. The Morgan fingerprint density at radius 1 is 0.971 bits per heavy atom. The Morgan fingerprint density at radius 2 is 1.59 bits per heavy atom. The Labute approximate surface area is 199 Å². The van der Waals surface area contributed by atoms with E-state index in [-0.39, 0.29) is 10.9 Å². The van der Waals surface area contributed by atoms with E-state index in [4.69, 9.17) is 4.74 Å². The number of rotatable bonds is 8. The van der Waals surface area contributed by atoms with E-state index in [9.17, 15) is 18.0 Å². The first-order chi connectivity index (χ1) is 16.0. The molecule has 9 nitrogen and oxygen atoms in total. The zero-order valence-electron chi connectivity index (χ0n) is 19.7. The summed E-state index contributed by atoms with van der Waals surface area (Å²) in [4.78, 5) is 25.5. The number of nitrogens with zero attached hydrogens (tertiary/aromatic N) is 2. The minimum atomic E-state index is -3.63. The van der Waals surface area contributed by atoms with Crippen LogP contribution in [0.3, 0.4) is 0 Å². The highest BCUT2D eigenvalue weighted by Gasteiger charge is 2.25. The van der Waals surface area contributed by atoms with Gasteiger partial charge in [0.1, 0.15) is 5.56 Å². The Balaban J connectivity index is 1.67. The molecule has 2 N–H and O–H groups in total. The molecule has 0 bridgehead atoms. The number of aromatic nitrogens is 2. The van der Waals surface area contributed by atoms with Gasteiger partial charge in [-0.1, -0.05) is 18.2 Å². The van der Waals surface area contributed by atoms with Crippen molar-refractivity contribution in [2.24, 2.45) is 0 Å². The third-order valence-corrected chi connectivity index (χ3v) is 6.65. The molecule has 1 amide bonds. The molecule has 2 aromatic carbocycles. The van der Waals surface area contributed by atoms with Crippen LogP contribution in [0.2, 0.25) is 0 Å². The Hall–Kier alpha value is -3.50. The number of ether oxygens (including phenoxy) is 1. The number of aryl methyl sites for hydroxylation is 1. The van der Waals surface area contributed by atoms with Crippen molar-refractivity contribution in [3.05, 3.63) is 71.5 Å². The van der Waals surface area contributed by atoms with Gasteiger partial charge in [-0.15, -0.1) is 0 Å². The minimum Gasteiger partial charge on any atom is -0.449 e. The zero-order chi connectivity index (χ0) is 25.0. The van der Waals surface area contributed by atoms with Gasteiger partial charge in [0.05, 0.1) is 22.0 Å². The Bertz CT molecular complexity index is 1280. The molecule has 0 radical (unpaired) electrons. The summed E-state index contributed by atoms with van der Waals surface area (Å²) in [6.07, 6.45) is -1.09. The van der Waals surface area contributed by atoms with Crippen LogP contribution < -0.4 is 10.0 Å². The van der Waals surface area contributed by atoms with E-state index in [0.29, 0.717) is 22.6 Å². The van der Waals surface area contributed by atoms with E-state index in [1.165, 1.54) is 31.2 Å². The van der Waals surface area contributed by atoms with Gasteiger partial charge in [-0.3, -0.25) is 4.79 Å². The van der Waals surface area contributed by atoms with Crippen molar-refractivity contribution in [2.45, 2.75) is 51.7 Å². The normalized spacial score (nSPS) is 12.4. The molecule has 34 heavy (non-hydrogen) atoms. The molecule has 1 atom stereocenters. The molecule has 0 aliphatic heterocycles. The van der Waals surface area contributed by atoms with Crippen LogP contribution in [0.15, 0.2) is 59.5 Å². The first-order valence-electron chi connectivity index (χ1n) is 10.8. The SMILES string of the molecule is Cc1nn(-c2ccccc2)c(C)c1C(=O)OC(C)C(=O)Nc1ccc(S(=O)(=O)NC(C)C)cc1. The van der Waals surface area contributed by atoms with Crippen LogP contribution in [-0.4, -0.2) is 42.2 Å². The average molecular weight is 485 g/mol. The summed E-state index contributed by atoms with van der Waals surface area (Å²) in [5.74, 6) is -1.20. The van der Waals surface area contributed by atoms with Crippen molar-refractivity contribution >= 4 is 27.6 Å². The topological polar surface area (TPSA) is 119 Å². The second kappa shape index (κ2) is 10.2. The fraction of sp³-hybridized carbons (Fsp3) is 0.292. The second-order valence-corrected chi connectivity index (χ2v) is 9.84. The van der Waals surface area contributed by atoms with Crippen LogP contribution in [0, 0.1) is 13.8 Å². The summed E-state index contributed by atoms with van der Waals surface area (Å²) < 4.78 is 34.0. The fourth-order valence-electron chi connectivity index (χ4n) is 3.37. The first-order valence-corrected chi connectivity index (χ1v) is 12.2. The number of carbonyl (C=O) groups excluding carboxylic acids is 2. The second-order valence-electron chi connectivity index (χ2n) is 8.13. The van der Waals surface area contributed by atoms with Gasteiger partial charge in [0, 0.05) is 11.7 Å². The van der Waals surface area contributed by atoms with Gasteiger partial charge in [-0.05, 0) is 71.0 Å². The summed E-state index contributed by atoms with van der Waals surface area (Å²) in [6, 6.07) is 14.9. The Kier molecular flexibility index (Phi) is 7.53. The van der Waals surface area contributed by atoms with Crippen molar-refractivity contribution < 1.29 is 22.7 Å². The van der Waals surface area contributed by atoms with E-state index < -0.39 is 28.0 Å². The number of sulfonamides is 1. The third-order valence-electron chi connectivity index (χ3n) is 4.97. The van der Waals surface area contributed by atoms with E-state index >= 15 is 0 Å². The first kappa shape index (κ1) is 25.1. The predicted octanol–water partition coefficient (Wildman–Crippen LogP) is 3.36. The number of hydrogen-bond donors (Lipinski definition) is 2. The lowest BCUT2D eigenvalue weighted by Gasteiger charge is -2.14. The van der Waals surface area contributed by atoms with Gasteiger partial charge in [-0.2, -0.15) is 5.10 Å². The molecule has 0 aliphatic rings. The van der Waals surface area contributed by atoms with Crippen molar-refractivity contribution in [3.8, 4) is 5.69 Å². The maximum absolute atomic E-state index is 12.8. The van der Waals surface area contributed by atoms with Gasteiger partial charge < -0.3 is 10.1 Å². The number of amides is 1. The molecule has 0 saturated carbocycles. The number of para-hydroxylation sites is 1.